The SMILES string of the molecule is c1ccc(C2=C(c3cccc(-c4ccccc4)c3)S3(C(c4cccc(-c5ccccc5)c4)=C2c2ccccc2)c2ccccc2-c2ccccc23)cc1. The van der Waals surface area contributed by atoms with Crippen LogP contribution in [0.25, 0.3) is 54.3 Å². The normalized spacial score (nSPS) is 14.6. The van der Waals surface area contributed by atoms with Gasteiger partial charge >= 0.3 is 0 Å². The highest BCUT2D eigenvalue weighted by Gasteiger charge is 2.52. The minimum atomic E-state index is -2.07. The molecule has 0 saturated carbocycles. The third kappa shape index (κ3) is 5.00. The lowest BCUT2D eigenvalue weighted by Crippen LogP contribution is -2.03. The maximum absolute atomic E-state index is 2.44. The summed E-state index contributed by atoms with van der Waals surface area (Å²) in [5.41, 5.74) is 15.1. The van der Waals surface area contributed by atoms with E-state index in [2.05, 4.69) is 218 Å². The lowest BCUT2D eigenvalue weighted by Gasteiger charge is -2.41. The van der Waals surface area contributed by atoms with Gasteiger partial charge in [-0.1, -0.05) is 194 Å². The molecule has 2 aliphatic heterocycles. The van der Waals surface area contributed by atoms with Gasteiger partial charge < -0.3 is 0 Å². The third-order valence-corrected chi connectivity index (χ3v) is 14.8. The van der Waals surface area contributed by atoms with Crippen LogP contribution in [0.5, 0.6) is 0 Å². The van der Waals surface area contributed by atoms with Crippen molar-refractivity contribution in [3.63, 3.8) is 0 Å². The molecule has 2 aliphatic rings. The van der Waals surface area contributed by atoms with Crippen molar-refractivity contribution < 1.29 is 0 Å². The maximum atomic E-state index is 2.44. The number of hydrogen-bond acceptors (Lipinski definition) is 0. The second-order valence-electron chi connectivity index (χ2n) is 13.6. The molecule has 0 radical (unpaired) electrons. The van der Waals surface area contributed by atoms with Gasteiger partial charge in [0.25, 0.3) is 0 Å². The fraction of sp³-hybridized carbons (Fsp3) is 0. The minimum absolute atomic E-state index is 1.22. The summed E-state index contributed by atoms with van der Waals surface area (Å²) in [5, 5.41) is 0. The zero-order valence-corrected chi connectivity index (χ0v) is 30.0. The topological polar surface area (TPSA) is 0 Å². The second kappa shape index (κ2) is 13.0. The standard InChI is InChI=1S/C52H36S/c1-5-19-37(20-6-1)41-27-17-29-43(35-41)51-49(39-23-9-3-10-24-39)50(40-25-11-4-12-26-40)52(44-30-18-28-42(36-44)38-21-7-2-8-22-38)53(51)47-33-15-13-31-45(47)46-32-14-16-34-48(46)53/h1-36H. The van der Waals surface area contributed by atoms with Crippen LogP contribution in [-0.2, 0) is 0 Å². The summed E-state index contributed by atoms with van der Waals surface area (Å²) in [5.74, 6) is 0. The molecule has 8 aromatic rings. The van der Waals surface area contributed by atoms with E-state index in [1.165, 1.54) is 86.4 Å². The molecule has 10 rings (SSSR count). The third-order valence-electron chi connectivity index (χ3n) is 10.6. The fourth-order valence-electron chi connectivity index (χ4n) is 8.45. The van der Waals surface area contributed by atoms with Gasteiger partial charge in [0.15, 0.2) is 0 Å². The number of rotatable bonds is 6. The molecule has 0 amide bonds. The molecule has 0 bridgehead atoms. The van der Waals surface area contributed by atoms with Gasteiger partial charge in [-0.2, -0.15) is 0 Å². The first-order valence-corrected chi connectivity index (χ1v) is 19.9. The Labute approximate surface area is 313 Å². The summed E-state index contributed by atoms with van der Waals surface area (Å²) >= 11 is 0. The predicted octanol–water partition coefficient (Wildman–Crippen LogP) is 14.4. The lowest BCUT2D eigenvalue weighted by atomic mass is 9.88. The van der Waals surface area contributed by atoms with E-state index in [1.54, 1.807) is 0 Å². The molecule has 8 aromatic carbocycles. The summed E-state index contributed by atoms with van der Waals surface area (Å²) in [6.07, 6.45) is 0. The number of benzene rings is 8. The summed E-state index contributed by atoms with van der Waals surface area (Å²) < 4.78 is 0. The molecule has 1 heteroatoms. The van der Waals surface area contributed by atoms with Crippen LogP contribution in [0.2, 0.25) is 0 Å². The average molecular weight is 693 g/mol. The van der Waals surface area contributed by atoms with Gasteiger partial charge in [-0.15, -0.1) is 10.0 Å². The minimum Gasteiger partial charge on any atom is -0.129 e. The highest BCUT2D eigenvalue weighted by Crippen LogP contribution is 2.89. The molecule has 53 heavy (non-hydrogen) atoms. The van der Waals surface area contributed by atoms with Crippen LogP contribution in [0, 0.1) is 0 Å². The molecule has 250 valence electrons. The van der Waals surface area contributed by atoms with Gasteiger partial charge in [0.05, 0.1) is 0 Å². The Hall–Kier alpha value is -6.41. The Balaban J connectivity index is 1.41. The predicted molar refractivity (Wildman–Crippen MR) is 226 cm³/mol. The van der Waals surface area contributed by atoms with Gasteiger partial charge in [-0.05, 0) is 79.9 Å². The molecule has 0 aliphatic carbocycles. The lowest BCUT2D eigenvalue weighted by molar-refractivity contribution is 1.45. The van der Waals surface area contributed by atoms with E-state index in [0.29, 0.717) is 0 Å². The van der Waals surface area contributed by atoms with E-state index in [-0.39, 0.29) is 0 Å². The van der Waals surface area contributed by atoms with E-state index >= 15 is 0 Å². The first-order chi connectivity index (χ1) is 26.3. The summed E-state index contributed by atoms with van der Waals surface area (Å²) in [4.78, 5) is 5.61. The molecule has 2 heterocycles. The van der Waals surface area contributed by atoms with Crippen molar-refractivity contribution in [1.82, 2.24) is 0 Å². The van der Waals surface area contributed by atoms with Gasteiger partial charge in [0, 0.05) is 30.7 Å². The fourth-order valence-corrected chi connectivity index (χ4v) is 13.4. The number of fused-ring (bicyclic) bond motifs is 5. The largest absolute Gasteiger partial charge is 0.129 e. The van der Waals surface area contributed by atoms with Crippen molar-refractivity contribution in [2.24, 2.45) is 0 Å². The first kappa shape index (κ1) is 31.3. The van der Waals surface area contributed by atoms with Crippen LogP contribution in [0.1, 0.15) is 22.3 Å². The van der Waals surface area contributed by atoms with Crippen molar-refractivity contribution in [3.05, 3.63) is 241 Å². The van der Waals surface area contributed by atoms with Crippen molar-refractivity contribution in [3.8, 4) is 33.4 Å². The van der Waals surface area contributed by atoms with Gasteiger partial charge in [0.2, 0.25) is 0 Å². The van der Waals surface area contributed by atoms with E-state index in [1.807, 2.05) is 0 Å². The van der Waals surface area contributed by atoms with Gasteiger partial charge in [0.1, 0.15) is 0 Å². The quantitative estimate of drug-likeness (QED) is 0.163. The Morgan fingerprint density at radius 2 is 0.528 bits per heavy atom. The highest BCUT2D eigenvalue weighted by molar-refractivity contribution is 8.48. The van der Waals surface area contributed by atoms with Gasteiger partial charge in [-0.25, -0.2) is 0 Å². The Kier molecular flexibility index (Phi) is 7.67. The Morgan fingerprint density at radius 1 is 0.226 bits per heavy atom. The molecular weight excluding hydrogens is 657 g/mol. The first-order valence-electron chi connectivity index (χ1n) is 18.3. The summed E-state index contributed by atoms with van der Waals surface area (Å²) in [6.45, 7) is 0. The van der Waals surface area contributed by atoms with E-state index < -0.39 is 10.0 Å². The molecule has 0 aromatic heterocycles. The van der Waals surface area contributed by atoms with Crippen molar-refractivity contribution in [2.45, 2.75) is 9.79 Å². The summed E-state index contributed by atoms with van der Waals surface area (Å²) in [6, 6.07) is 80.9. The molecule has 0 unspecified atom stereocenters. The number of hydrogen-bond donors (Lipinski definition) is 0. The molecule has 0 atom stereocenters. The van der Waals surface area contributed by atoms with Gasteiger partial charge in [-0.3, -0.25) is 0 Å². The van der Waals surface area contributed by atoms with Crippen LogP contribution in [0.4, 0.5) is 0 Å². The maximum Gasteiger partial charge on any atom is 0.0182 e. The number of allylic oxidation sites excluding steroid dienone is 2. The molecular formula is C52H36S. The zero-order valence-electron chi connectivity index (χ0n) is 29.2. The monoisotopic (exact) mass is 692 g/mol. The average Bonchev–Trinajstić information content (AvgIpc) is 3.73. The van der Waals surface area contributed by atoms with Crippen molar-refractivity contribution in [2.75, 3.05) is 0 Å². The Morgan fingerprint density at radius 3 is 0.925 bits per heavy atom. The van der Waals surface area contributed by atoms with Crippen LogP contribution >= 0.6 is 10.0 Å². The van der Waals surface area contributed by atoms with E-state index in [0.717, 1.165) is 0 Å². The van der Waals surface area contributed by atoms with Crippen LogP contribution in [0.3, 0.4) is 0 Å². The van der Waals surface area contributed by atoms with Crippen LogP contribution in [-0.4, -0.2) is 0 Å². The summed E-state index contributed by atoms with van der Waals surface area (Å²) in [7, 11) is -2.07. The molecule has 1 spiro atoms. The van der Waals surface area contributed by atoms with Crippen LogP contribution in [0.15, 0.2) is 228 Å². The van der Waals surface area contributed by atoms with Crippen molar-refractivity contribution >= 4 is 31.0 Å². The molecule has 0 fully saturated rings. The van der Waals surface area contributed by atoms with Crippen LogP contribution < -0.4 is 0 Å². The smallest absolute Gasteiger partial charge is 0.0182 e. The van der Waals surface area contributed by atoms with E-state index in [9.17, 15) is 0 Å². The van der Waals surface area contributed by atoms with Crippen molar-refractivity contribution in [1.29, 1.82) is 0 Å². The highest BCUT2D eigenvalue weighted by atomic mass is 32.3. The van der Waals surface area contributed by atoms with E-state index in [4.69, 9.17) is 0 Å². The molecule has 0 N–H and O–H groups in total. The molecule has 0 nitrogen and oxygen atoms in total. The Bertz CT molecular complexity index is 2500. The second-order valence-corrected chi connectivity index (χ2v) is 16.6. The molecule has 0 saturated heterocycles. The zero-order chi connectivity index (χ0) is 35.2.